The fraction of sp³-hybridized carbons (Fsp3) is 0.818. The van der Waals surface area contributed by atoms with Crippen LogP contribution in [0, 0.1) is 0 Å². The van der Waals surface area contributed by atoms with Crippen LogP contribution in [0.1, 0.15) is 19.3 Å². The van der Waals surface area contributed by atoms with Crippen molar-refractivity contribution < 1.29 is 14.7 Å². The summed E-state index contributed by atoms with van der Waals surface area (Å²) in [5.41, 5.74) is 0. The molecule has 0 aromatic heterocycles. The second-order valence-electron chi connectivity index (χ2n) is 4.56. The Kier molecular flexibility index (Phi) is 4.28. The van der Waals surface area contributed by atoms with E-state index in [1.165, 1.54) is 0 Å². The number of carboxylic acids is 1. The maximum Gasteiger partial charge on any atom is 0.321 e. The number of carbonyl (C=O) groups is 2. The molecule has 2 N–H and O–H groups in total. The summed E-state index contributed by atoms with van der Waals surface area (Å²) >= 11 is 1.67. The van der Waals surface area contributed by atoms with E-state index < -0.39 is 12.0 Å². The molecule has 5 nitrogen and oxygen atoms in total. The lowest BCUT2D eigenvalue weighted by Crippen LogP contribution is -2.48. The van der Waals surface area contributed by atoms with E-state index in [-0.39, 0.29) is 5.91 Å². The summed E-state index contributed by atoms with van der Waals surface area (Å²) < 4.78 is 0. The van der Waals surface area contributed by atoms with E-state index in [1.54, 1.807) is 11.8 Å². The Morgan fingerprint density at radius 1 is 1.41 bits per heavy atom. The lowest BCUT2D eigenvalue weighted by atomic mass is 10.2. The lowest BCUT2D eigenvalue weighted by Gasteiger charge is -2.32. The Morgan fingerprint density at radius 2 is 2.18 bits per heavy atom. The molecule has 1 aliphatic carbocycles. The lowest BCUT2D eigenvalue weighted by molar-refractivity contribution is -0.142. The van der Waals surface area contributed by atoms with E-state index >= 15 is 0 Å². The summed E-state index contributed by atoms with van der Waals surface area (Å²) in [6, 6.07) is -0.0443. The van der Waals surface area contributed by atoms with Crippen LogP contribution in [0.3, 0.4) is 0 Å². The van der Waals surface area contributed by atoms with Crippen molar-refractivity contribution in [3.63, 3.8) is 0 Å². The number of carboxylic acid groups (broad SMARTS) is 1. The van der Waals surface area contributed by atoms with E-state index in [4.69, 9.17) is 5.11 Å². The highest BCUT2D eigenvalue weighted by atomic mass is 32.2. The van der Waals surface area contributed by atoms with Crippen molar-refractivity contribution in [2.45, 2.75) is 31.3 Å². The van der Waals surface area contributed by atoms with Crippen molar-refractivity contribution in [1.82, 2.24) is 10.2 Å². The molecule has 0 bridgehead atoms. The summed E-state index contributed by atoms with van der Waals surface area (Å²) in [6.07, 6.45) is 2.58. The highest BCUT2D eigenvalue weighted by Gasteiger charge is 2.29. The van der Waals surface area contributed by atoms with E-state index in [1.807, 2.05) is 4.90 Å². The van der Waals surface area contributed by atoms with Crippen molar-refractivity contribution in [3.05, 3.63) is 0 Å². The van der Waals surface area contributed by atoms with Gasteiger partial charge < -0.3 is 10.4 Å². The zero-order valence-electron chi connectivity index (χ0n) is 9.72. The first kappa shape index (κ1) is 12.7. The summed E-state index contributed by atoms with van der Waals surface area (Å²) in [4.78, 5) is 24.5. The van der Waals surface area contributed by atoms with Crippen molar-refractivity contribution >= 4 is 23.6 Å². The number of aliphatic carboxylic acids is 1. The van der Waals surface area contributed by atoms with Crippen LogP contribution in [0.15, 0.2) is 0 Å². The van der Waals surface area contributed by atoms with Gasteiger partial charge in [-0.05, 0) is 12.8 Å². The molecule has 1 saturated heterocycles. The molecular formula is C11H18N2O3S. The van der Waals surface area contributed by atoms with E-state index in [9.17, 15) is 9.59 Å². The predicted molar refractivity (Wildman–Crippen MR) is 66.1 cm³/mol. The van der Waals surface area contributed by atoms with Gasteiger partial charge in [-0.25, -0.2) is 0 Å². The summed E-state index contributed by atoms with van der Waals surface area (Å²) in [5.74, 6) is 0.850. The van der Waals surface area contributed by atoms with Gasteiger partial charge in [0.1, 0.15) is 6.04 Å². The second-order valence-corrected chi connectivity index (χ2v) is 5.71. The number of amides is 1. The first-order valence-corrected chi connectivity index (χ1v) is 7.16. The number of thioether (sulfide) groups is 1. The fourth-order valence-corrected chi connectivity index (χ4v) is 3.01. The molecule has 96 valence electrons. The van der Waals surface area contributed by atoms with Crippen LogP contribution < -0.4 is 5.32 Å². The molecule has 0 spiro atoms. The predicted octanol–water partition coefficient (Wildman–Crippen LogP) is 0.157. The number of hydrogen-bond acceptors (Lipinski definition) is 4. The van der Waals surface area contributed by atoms with Crippen LogP contribution in [0.2, 0.25) is 0 Å². The van der Waals surface area contributed by atoms with Crippen molar-refractivity contribution in [2.24, 2.45) is 0 Å². The van der Waals surface area contributed by atoms with Crippen LogP contribution in [0.5, 0.6) is 0 Å². The van der Waals surface area contributed by atoms with Crippen molar-refractivity contribution in [1.29, 1.82) is 0 Å². The summed E-state index contributed by atoms with van der Waals surface area (Å²) in [7, 11) is 0. The maximum absolute atomic E-state index is 11.5. The molecule has 1 aliphatic heterocycles. The van der Waals surface area contributed by atoms with Crippen LogP contribution in [0.25, 0.3) is 0 Å². The zero-order valence-corrected chi connectivity index (χ0v) is 10.5. The van der Waals surface area contributed by atoms with Gasteiger partial charge in [0.15, 0.2) is 0 Å². The van der Waals surface area contributed by atoms with Crippen LogP contribution in [-0.2, 0) is 9.59 Å². The molecule has 2 aliphatic rings. The van der Waals surface area contributed by atoms with Gasteiger partial charge in [0.05, 0.1) is 0 Å². The molecule has 1 amide bonds. The molecule has 1 saturated carbocycles. The molecule has 0 radical (unpaired) electrons. The van der Waals surface area contributed by atoms with Gasteiger partial charge >= 0.3 is 5.97 Å². The Morgan fingerprint density at radius 3 is 2.82 bits per heavy atom. The molecule has 0 aromatic rings. The van der Waals surface area contributed by atoms with Gasteiger partial charge in [0, 0.05) is 37.1 Å². The third-order valence-corrected chi connectivity index (χ3v) is 4.12. The molecule has 17 heavy (non-hydrogen) atoms. The number of nitrogens with zero attached hydrogens (tertiary/aromatic N) is 1. The normalized spacial score (nSPS) is 25.5. The molecule has 1 unspecified atom stereocenters. The van der Waals surface area contributed by atoms with Gasteiger partial charge in [-0.1, -0.05) is 0 Å². The van der Waals surface area contributed by atoms with E-state index in [0.29, 0.717) is 24.8 Å². The third kappa shape index (κ3) is 3.89. The number of rotatable bonds is 5. The Balaban J connectivity index is 1.75. The first-order chi connectivity index (χ1) is 8.16. The van der Waals surface area contributed by atoms with Crippen LogP contribution in [0.4, 0.5) is 0 Å². The Hall–Kier alpha value is -0.750. The largest absolute Gasteiger partial charge is 0.480 e. The minimum atomic E-state index is -0.778. The smallest absolute Gasteiger partial charge is 0.321 e. The molecule has 6 heteroatoms. The molecule has 1 atom stereocenters. The SMILES string of the molecule is O=C(CCN1CCSCC1C(=O)O)NC1CC1. The van der Waals surface area contributed by atoms with Gasteiger partial charge in [-0.3, -0.25) is 14.5 Å². The van der Waals surface area contributed by atoms with Gasteiger partial charge in [0.2, 0.25) is 5.91 Å². The standard InChI is InChI=1S/C11H18N2O3S/c14-10(12-8-1-2-8)3-4-13-5-6-17-7-9(13)11(15)16/h8-9H,1-7H2,(H,12,14)(H,15,16). The average Bonchev–Trinajstić information content (AvgIpc) is 3.10. The Labute approximate surface area is 105 Å². The summed E-state index contributed by atoms with van der Waals surface area (Å²) in [6.45, 7) is 1.31. The number of hydrogen-bond donors (Lipinski definition) is 2. The van der Waals surface area contributed by atoms with E-state index in [0.717, 1.165) is 25.1 Å². The molecule has 2 rings (SSSR count). The average molecular weight is 258 g/mol. The molecule has 1 heterocycles. The van der Waals surface area contributed by atoms with Crippen LogP contribution >= 0.6 is 11.8 Å². The van der Waals surface area contributed by atoms with Gasteiger partial charge in [-0.2, -0.15) is 11.8 Å². The second kappa shape index (κ2) is 5.73. The molecular weight excluding hydrogens is 240 g/mol. The molecule has 0 aromatic carbocycles. The number of nitrogens with one attached hydrogen (secondary N) is 1. The third-order valence-electron chi connectivity index (χ3n) is 3.09. The monoisotopic (exact) mass is 258 g/mol. The summed E-state index contributed by atoms with van der Waals surface area (Å²) in [5, 5.41) is 12.0. The minimum Gasteiger partial charge on any atom is -0.480 e. The minimum absolute atomic E-state index is 0.0508. The van der Waals surface area contributed by atoms with Gasteiger partial charge in [-0.15, -0.1) is 0 Å². The quantitative estimate of drug-likeness (QED) is 0.735. The topological polar surface area (TPSA) is 69.6 Å². The zero-order chi connectivity index (χ0) is 12.3. The number of carbonyl (C=O) groups excluding carboxylic acids is 1. The van der Waals surface area contributed by atoms with Gasteiger partial charge in [0.25, 0.3) is 0 Å². The Bertz CT molecular complexity index is 307. The highest BCUT2D eigenvalue weighted by Crippen LogP contribution is 2.19. The van der Waals surface area contributed by atoms with Crippen LogP contribution in [-0.4, -0.2) is 58.6 Å². The van der Waals surface area contributed by atoms with Crippen molar-refractivity contribution in [2.75, 3.05) is 24.6 Å². The first-order valence-electron chi connectivity index (χ1n) is 6.01. The fourth-order valence-electron chi connectivity index (χ4n) is 1.91. The van der Waals surface area contributed by atoms with E-state index in [2.05, 4.69) is 5.32 Å². The highest BCUT2D eigenvalue weighted by molar-refractivity contribution is 7.99. The maximum atomic E-state index is 11.5. The van der Waals surface area contributed by atoms with Crippen molar-refractivity contribution in [3.8, 4) is 0 Å². The molecule has 2 fully saturated rings.